The Bertz CT molecular complexity index is 1240. The number of H-pyrrole nitrogens is 1. The lowest BCUT2D eigenvalue weighted by molar-refractivity contribution is 0.284. The lowest BCUT2D eigenvalue weighted by Gasteiger charge is -2.11. The molecule has 0 aliphatic heterocycles. The molecule has 5 nitrogen and oxygen atoms in total. The van der Waals surface area contributed by atoms with Gasteiger partial charge in [0, 0.05) is 4.47 Å². The molecular formula is C24H18BrN3O2S. The second-order valence-electron chi connectivity index (χ2n) is 6.61. The van der Waals surface area contributed by atoms with E-state index in [2.05, 4.69) is 32.0 Å². The summed E-state index contributed by atoms with van der Waals surface area (Å²) in [5.41, 5.74) is 3.71. The minimum absolute atomic E-state index is 0.435. The van der Waals surface area contributed by atoms with Gasteiger partial charge in [0.25, 0.3) is 0 Å². The minimum atomic E-state index is 0.435. The number of para-hydroxylation sites is 2. The third-order valence-electron chi connectivity index (χ3n) is 4.48. The molecule has 31 heavy (non-hydrogen) atoms. The van der Waals surface area contributed by atoms with Crippen LogP contribution in [-0.2, 0) is 6.61 Å². The number of ether oxygens (including phenoxy) is 2. The first-order chi connectivity index (χ1) is 15.1. The maximum Gasteiger partial charge on any atom is 0.171 e. The van der Waals surface area contributed by atoms with E-state index >= 15 is 0 Å². The molecule has 0 saturated heterocycles. The molecule has 0 amide bonds. The van der Waals surface area contributed by atoms with Crippen LogP contribution in [0.3, 0.4) is 0 Å². The van der Waals surface area contributed by atoms with Gasteiger partial charge in [-0.1, -0.05) is 46.3 Å². The van der Waals surface area contributed by atoms with Gasteiger partial charge in [0.1, 0.15) is 12.7 Å². The lowest BCUT2D eigenvalue weighted by Crippen LogP contribution is -1.98. The van der Waals surface area contributed by atoms with Crippen molar-refractivity contribution < 1.29 is 9.47 Å². The van der Waals surface area contributed by atoms with Crippen molar-refractivity contribution in [2.75, 3.05) is 7.11 Å². The number of nitrogens with zero attached hydrogens (tertiary/aromatic N) is 2. The smallest absolute Gasteiger partial charge is 0.171 e. The number of hydrogen-bond acceptors (Lipinski definition) is 5. The van der Waals surface area contributed by atoms with Crippen LogP contribution in [-0.4, -0.2) is 17.1 Å². The number of methoxy groups -OCH3 is 1. The molecule has 0 bridgehead atoms. The van der Waals surface area contributed by atoms with E-state index in [1.807, 2.05) is 66.7 Å². The Balaban J connectivity index is 1.50. The first-order valence-electron chi connectivity index (χ1n) is 9.44. The summed E-state index contributed by atoms with van der Waals surface area (Å²) in [6.45, 7) is 0.435. The molecule has 0 aliphatic rings. The zero-order chi connectivity index (χ0) is 21.6. The molecule has 4 aromatic rings. The van der Waals surface area contributed by atoms with Crippen molar-refractivity contribution in [2.24, 2.45) is 0 Å². The first kappa shape index (κ1) is 21.0. The molecule has 0 atom stereocenters. The van der Waals surface area contributed by atoms with E-state index in [4.69, 9.17) is 9.47 Å². The van der Waals surface area contributed by atoms with Crippen molar-refractivity contribution in [1.29, 1.82) is 5.26 Å². The summed E-state index contributed by atoms with van der Waals surface area (Å²) in [6.07, 6.45) is 1.80. The van der Waals surface area contributed by atoms with E-state index < -0.39 is 0 Å². The Labute approximate surface area is 192 Å². The van der Waals surface area contributed by atoms with Gasteiger partial charge in [-0.25, -0.2) is 4.98 Å². The minimum Gasteiger partial charge on any atom is -0.493 e. The van der Waals surface area contributed by atoms with Crippen molar-refractivity contribution in [1.82, 2.24) is 9.97 Å². The maximum atomic E-state index is 9.59. The van der Waals surface area contributed by atoms with E-state index in [0.29, 0.717) is 28.2 Å². The predicted molar refractivity (Wildman–Crippen MR) is 127 cm³/mol. The lowest BCUT2D eigenvalue weighted by atomic mass is 10.2. The number of nitrogens with one attached hydrogen (secondary N) is 1. The van der Waals surface area contributed by atoms with Crippen LogP contribution < -0.4 is 9.47 Å². The number of fused-ring (bicyclic) bond motifs is 1. The summed E-state index contributed by atoms with van der Waals surface area (Å²) in [4.78, 5) is 8.26. The van der Waals surface area contributed by atoms with Crippen LogP contribution in [0, 0.1) is 11.3 Å². The number of aromatic nitrogens is 2. The number of aromatic amines is 1. The second-order valence-corrected chi connectivity index (χ2v) is 8.55. The Morgan fingerprint density at radius 1 is 1.13 bits per heavy atom. The van der Waals surface area contributed by atoms with Crippen LogP contribution in [0.4, 0.5) is 0 Å². The van der Waals surface area contributed by atoms with Gasteiger partial charge in [-0.05, 0) is 65.4 Å². The topological polar surface area (TPSA) is 70.9 Å². The van der Waals surface area contributed by atoms with Gasteiger partial charge >= 0.3 is 0 Å². The highest BCUT2D eigenvalue weighted by molar-refractivity contribution is 9.10. The van der Waals surface area contributed by atoms with E-state index in [1.54, 1.807) is 13.2 Å². The molecule has 0 spiro atoms. The average Bonchev–Trinajstić information content (AvgIpc) is 3.21. The molecule has 154 valence electrons. The van der Waals surface area contributed by atoms with E-state index in [0.717, 1.165) is 26.6 Å². The summed E-state index contributed by atoms with van der Waals surface area (Å²) < 4.78 is 12.4. The number of nitriles is 1. The maximum absolute atomic E-state index is 9.59. The van der Waals surface area contributed by atoms with Gasteiger partial charge in [-0.3, -0.25) is 0 Å². The van der Waals surface area contributed by atoms with Crippen LogP contribution in [0.25, 0.3) is 17.1 Å². The van der Waals surface area contributed by atoms with Crippen molar-refractivity contribution in [3.63, 3.8) is 0 Å². The molecule has 0 fully saturated rings. The van der Waals surface area contributed by atoms with Gasteiger partial charge < -0.3 is 14.5 Å². The van der Waals surface area contributed by atoms with Crippen LogP contribution >= 0.6 is 27.7 Å². The number of halogens is 1. The van der Waals surface area contributed by atoms with Gasteiger partial charge in [-0.2, -0.15) is 5.26 Å². The third kappa shape index (κ3) is 5.29. The van der Waals surface area contributed by atoms with Gasteiger partial charge in [0.2, 0.25) is 0 Å². The summed E-state index contributed by atoms with van der Waals surface area (Å²) in [6, 6.07) is 23.6. The highest BCUT2D eigenvalue weighted by Crippen LogP contribution is 2.32. The number of hydrogen-bond donors (Lipinski definition) is 1. The first-order valence-corrected chi connectivity index (χ1v) is 11.1. The fourth-order valence-electron chi connectivity index (χ4n) is 2.95. The SMILES string of the molecule is COc1cc(/C=C(\C#N)Sc2nc3ccccc3[nH]2)ccc1OCc1ccc(Br)cc1. The van der Waals surface area contributed by atoms with E-state index in [-0.39, 0.29) is 0 Å². The Morgan fingerprint density at radius 3 is 2.68 bits per heavy atom. The summed E-state index contributed by atoms with van der Waals surface area (Å²) >= 11 is 4.72. The summed E-state index contributed by atoms with van der Waals surface area (Å²) in [7, 11) is 1.60. The average molecular weight is 492 g/mol. The molecule has 1 aromatic heterocycles. The standard InChI is InChI=1S/C24H18BrN3O2S/c1-29-23-13-17(8-11-22(23)30-15-16-6-9-18(25)10-7-16)12-19(14-26)31-24-27-20-4-2-3-5-21(20)28-24/h2-13H,15H2,1H3,(H,27,28)/b19-12+. The van der Waals surface area contributed by atoms with Crippen molar-refractivity contribution in [3.05, 3.63) is 87.2 Å². The molecule has 0 aliphatic carbocycles. The zero-order valence-electron chi connectivity index (χ0n) is 16.6. The summed E-state index contributed by atoms with van der Waals surface area (Å²) in [5.74, 6) is 1.25. The van der Waals surface area contributed by atoms with Crippen molar-refractivity contribution in [3.8, 4) is 17.6 Å². The Morgan fingerprint density at radius 2 is 1.94 bits per heavy atom. The highest BCUT2D eigenvalue weighted by Gasteiger charge is 2.09. The number of imidazole rings is 1. The van der Waals surface area contributed by atoms with Crippen LogP contribution in [0.5, 0.6) is 11.5 Å². The number of thioether (sulfide) groups is 1. The quantitative estimate of drug-likeness (QED) is 0.233. The highest BCUT2D eigenvalue weighted by atomic mass is 79.9. The van der Waals surface area contributed by atoms with Crippen LogP contribution in [0.15, 0.2) is 81.3 Å². The molecule has 0 saturated carbocycles. The second kappa shape index (κ2) is 9.73. The van der Waals surface area contributed by atoms with Crippen LogP contribution in [0.2, 0.25) is 0 Å². The van der Waals surface area contributed by atoms with Gasteiger partial charge in [0.15, 0.2) is 16.7 Å². The summed E-state index contributed by atoms with van der Waals surface area (Å²) in [5, 5.41) is 10.3. The monoisotopic (exact) mass is 491 g/mol. The van der Waals surface area contributed by atoms with E-state index in [9.17, 15) is 5.26 Å². The van der Waals surface area contributed by atoms with Gasteiger partial charge in [0.05, 0.1) is 23.0 Å². The van der Waals surface area contributed by atoms with E-state index in [1.165, 1.54) is 11.8 Å². The molecule has 1 N–H and O–H groups in total. The predicted octanol–water partition coefficient (Wildman–Crippen LogP) is 6.57. The van der Waals surface area contributed by atoms with Gasteiger partial charge in [-0.15, -0.1) is 0 Å². The fourth-order valence-corrected chi connectivity index (χ4v) is 3.97. The molecule has 1 heterocycles. The molecule has 0 unspecified atom stereocenters. The number of allylic oxidation sites excluding steroid dienone is 1. The molecule has 4 rings (SSSR count). The van der Waals surface area contributed by atoms with Crippen molar-refractivity contribution in [2.45, 2.75) is 11.8 Å². The molecular weight excluding hydrogens is 474 g/mol. The fraction of sp³-hybridized carbons (Fsp3) is 0.0833. The normalized spacial score (nSPS) is 11.3. The van der Waals surface area contributed by atoms with Crippen LogP contribution in [0.1, 0.15) is 11.1 Å². The largest absolute Gasteiger partial charge is 0.493 e. The van der Waals surface area contributed by atoms with Crippen molar-refractivity contribution >= 4 is 44.8 Å². The molecule has 3 aromatic carbocycles. The zero-order valence-corrected chi connectivity index (χ0v) is 19.0. The number of benzene rings is 3. The molecule has 7 heteroatoms. The Kier molecular flexibility index (Phi) is 6.60. The molecule has 0 radical (unpaired) electrons. The Hall–Kier alpha value is -3.21. The number of rotatable bonds is 7. The third-order valence-corrected chi connectivity index (χ3v) is 5.82.